The zero-order valence-corrected chi connectivity index (χ0v) is 11.7. The van der Waals surface area contributed by atoms with Crippen molar-refractivity contribution < 1.29 is 9.90 Å². The van der Waals surface area contributed by atoms with E-state index in [1.165, 1.54) is 11.3 Å². The van der Waals surface area contributed by atoms with Crippen LogP contribution in [0.15, 0.2) is 0 Å². The summed E-state index contributed by atoms with van der Waals surface area (Å²) in [7, 11) is 0. The second-order valence-corrected chi connectivity index (χ2v) is 6.12. The SMILES string of the molecule is Cc1nc2sc(C(=O)O)c(C3CC3)c2c(C)c1Cl. The molecular weight excluding hydrogens is 270 g/mol. The normalized spacial score (nSPS) is 15.3. The van der Waals surface area contributed by atoms with Gasteiger partial charge < -0.3 is 5.11 Å². The van der Waals surface area contributed by atoms with Crippen LogP contribution in [0.2, 0.25) is 5.02 Å². The first kappa shape index (κ1) is 11.9. The zero-order chi connectivity index (χ0) is 13.0. The van der Waals surface area contributed by atoms with Gasteiger partial charge in [-0.25, -0.2) is 9.78 Å². The fraction of sp³-hybridized carbons (Fsp3) is 0.385. The van der Waals surface area contributed by atoms with Crippen LogP contribution in [-0.4, -0.2) is 16.1 Å². The van der Waals surface area contributed by atoms with Gasteiger partial charge in [0, 0.05) is 5.39 Å². The largest absolute Gasteiger partial charge is 0.477 e. The van der Waals surface area contributed by atoms with Gasteiger partial charge in [-0.05, 0) is 43.7 Å². The van der Waals surface area contributed by atoms with Crippen LogP contribution < -0.4 is 0 Å². The van der Waals surface area contributed by atoms with E-state index in [1.807, 2.05) is 13.8 Å². The molecule has 1 N–H and O–H groups in total. The van der Waals surface area contributed by atoms with E-state index in [0.29, 0.717) is 15.8 Å². The maximum Gasteiger partial charge on any atom is 0.346 e. The van der Waals surface area contributed by atoms with Crippen molar-refractivity contribution in [3.8, 4) is 0 Å². The fourth-order valence-corrected chi connectivity index (χ4v) is 3.72. The van der Waals surface area contributed by atoms with Crippen molar-refractivity contribution >= 4 is 39.1 Å². The quantitative estimate of drug-likeness (QED) is 0.900. The van der Waals surface area contributed by atoms with Crippen molar-refractivity contribution in [3.05, 3.63) is 26.7 Å². The summed E-state index contributed by atoms with van der Waals surface area (Å²) in [5.41, 5.74) is 2.68. The van der Waals surface area contributed by atoms with E-state index in [2.05, 4.69) is 4.98 Å². The lowest BCUT2D eigenvalue weighted by Crippen LogP contribution is -1.97. The van der Waals surface area contributed by atoms with Crippen molar-refractivity contribution in [2.24, 2.45) is 0 Å². The Hall–Kier alpha value is -1.13. The molecule has 0 saturated heterocycles. The lowest BCUT2D eigenvalue weighted by atomic mass is 10.0. The maximum absolute atomic E-state index is 11.4. The Morgan fingerprint density at radius 3 is 2.67 bits per heavy atom. The van der Waals surface area contributed by atoms with Gasteiger partial charge in [0.2, 0.25) is 0 Å². The molecule has 0 spiro atoms. The zero-order valence-electron chi connectivity index (χ0n) is 10.1. The molecule has 3 rings (SSSR count). The summed E-state index contributed by atoms with van der Waals surface area (Å²) in [5.74, 6) is -0.475. The third kappa shape index (κ3) is 1.63. The molecule has 5 heteroatoms. The highest BCUT2D eigenvalue weighted by molar-refractivity contribution is 7.20. The molecule has 18 heavy (non-hydrogen) atoms. The molecule has 1 saturated carbocycles. The number of thiophene rings is 1. The van der Waals surface area contributed by atoms with E-state index < -0.39 is 5.97 Å². The first-order valence-electron chi connectivity index (χ1n) is 5.83. The molecule has 0 aromatic carbocycles. The van der Waals surface area contributed by atoms with Crippen molar-refractivity contribution in [2.45, 2.75) is 32.6 Å². The molecule has 0 radical (unpaired) electrons. The second kappa shape index (κ2) is 3.93. The van der Waals surface area contributed by atoms with Crippen molar-refractivity contribution in [1.29, 1.82) is 0 Å². The summed E-state index contributed by atoms with van der Waals surface area (Å²) >= 11 is 7.51. The molecule has 1 aliphatic rings. The smallest absolute Gasteiger partial charge is 0.346 e. The van der Waals surface area contributed by atoms with Crippen LogP contribution in [0.3, 0.4) is 0 Å². The Balaban J connectivity index is 2.42. The van der Waals surface area contributed by atoms with E-state index in [-0.39, 0.29) is 0 Å². The highest BCUT2D eigenvalue weighted by Gasteiger charge is 2.33. The minimum Gasteiger partial charge on any atom is -0.477 e. The Bertz CT molecular complexity index is 673. The number of halogens is 1. The van der Waals surface area contributed by atoms with Crippen molar-refractivity contribution in [2.75, 3.05) is 0 Å². The van der Waals surface area contributed by atoms with Gasteiger partial charge in [0.25, 0.3) is 0 Å². The summed E-state index contributed by atoms with van der Waals surface area (Å²) < 4.78 is 0. The topological polar surface area (TPSA) is 50.2 Å². The highest BCUT2D eigenvalue weighted by atomic mass is 35.5. The number of carboxylic acids is 1. The Labute approximate surface area is 113 Å². The number of rotatable bonds is 2. The lowest BCUT2D eigenvalue weighted by Gasteiger charge is -2.05. The van der Waals surface area contributed by atoms with E-state index in [1.54, 1.807) is 0 Å². The number of fused-ring (bicyclic) bond motifs is 1. The van der Waals surface area contributed by atoms with Crippen molar-refractivity contribution in [3.63, 3.8) is 0 Å². The molecule has 94 valence electrons. The number of aryl methyl sites for hydroxylation is 2. The standard InChI is InChI=1S/C13H12ClNO2S/c1-5-8-9(7-3-4-7)11(13(16)17)18-12(8)15-6(2)10(5)14/h7H,3-4H2,1-2H3,(H,16,17). The van der Waals surface area contributed by atoms with Crippen LogP contribution in [0.1, 0.15) is 45.3 Å². The van der Waals surface area contributed by atoms with Crippen molar-refractivity contribution in [1.82, 2.24) is 4.98 Å². The van der Waals surface area contributed by atoms with Gasteiger partial charge in [-0.2, -0.15) is 0 Å². The van der Waals surface area contributed by atoms with Gasteiger partial charge in [-0.15, -0.1) is 11.3 Å². The molecule has 0 aliphatic heterocycles. The average Bonchev–Trinajstić information content (AvgIpc) is 3.07. The summed E-state index contributed by atoms with van der Waals surface area (Å²) in [5, 5.41) is 10.9. The van der Waals surface area contributed by atoms with E-state index in [0.717, 1.165) is 39.9 Å². The van der Waals surface area contributed by atoms with Crippen LogP contribution in [0.25, 0.3) is 10.2 Å². The summed E-state index contributed by atoms with van der Waals surface area (Å²) in [4.78, 5) is 17.0. The van der Waals surface area contributed by atoms with Crippen LogP contribution >= 0.6 is 22.9 Å². The third-order valence-corrected chi connectivity index (χ3v) is 5.04. The number of carboxylic acid groups (broad SMARTS) is 1. The number of nitrogens with zero attached hydrogens (tertiary/aromatic N) is 1. The van der Waals surface area contributed by atoms with Gasteiger partial charge in [-0.3, -0.25) is 0 Å². The molecule has 1 fully saturated rings. The van der Waals surface area contributed by atoms with Crippen LogP contribution in [0.5, 0.6) is 0 Å². The minimum atomic E-state index is -0.854. The number of pyridine rings is 1. The Morgan fingerprint density at radius 2 is 2.11 bits per heavy atom. The van der Waals surface area contributed by atoms with Crippen LogP contribution in [0, 0.1) is 13.8 Å². The molecule has 2 aromatic heterocycles. The minimum absolute atomic E-state index is 0.379. The first-order chi connectivity index (χ1) is 8.50. The number of carbonyl (C=O) groups is 1. The molecule has 1 aliphatic carbocycles. The molecule has 0 atom stereocenters. The molecular formula is C13H12ClNO2S. The average molecular weight is 282 g/mol. The van der Waals surface area contributed by atoms with E-state index in [4.69, 9.17) is 11.6 Å². The molecule has 2 heterocycles. The number of aromatic carboxylic acids is 1. The van der Waals surface area contributed by atoms with Gasteiger partial charge in [-0.1, -0.05) is 11.6 Å². The Kier molecular flexibility index (Phi) is 2.61. The number of hydrogen-bond donors (Lipinski definition) is 1. The second-order valence-electron chi connectivity index (χ2n) is 4.74. The monoisotopic (exact) mass is 281 g/mol. The fourth-order valence-electron chi connectivity index (χ4n) is 2.38. The molecule has 0 unspecified atom stereocenters. The molecule has 0 bridgehead atoms. The van der Waals surface area contributed by atoms with Crippen LogP contribution in [-0.2, 0) is 0 Å². The Morgan fingerprint density at radius 1 is 1.44 bits per heavy atom. The predicted molar refractivity (Wildman–Crippen MR) is 73.0 cm³/mol. The van der Waals surface area contributed by atoms with Gasteiger partial charge in [0.15, 0.2) is 0 Å². The summed E-state index contributed by atoms with van der Waals surface area (Å²) in [6.07, 6.45) is 2.13. The van der Waals surface area contributed by atoms with Gasteiger partial charge in [0.1, 0.15) is 9.71 Å². The molecule has 2 aromatic rings. The third-order valence-electron chi connectivity index (χ3n) is 3.40. The van der Waals surface area contributed by atoms with Crippen LogP contribution in [0.4, 0.5) is 0 Å². The van der Waals surface area contributed by atoms with E-state index >= 15 is 0 Å². The number of aromatic nitrogens is 1. The maximum atomic E-state index is 11.4. The number of hydrogen-bond acceptors (Lipinski definition) is 3. The highest BCUT2D eigenvalue weighted by Crippen LogP contribution is 2.49. The molecule has 3 nitrogen and oxygen atoms in total. The van der Waals surface area contributed by atoms with Gasteiger partial charge in [0.05, 0.1) is 10.7 Å². The first-order valence-corrected chi connectivity index (χ1v) is 7.02. The lowest BCUT2D eigenvalue weighted by molar-refractivity contribution is 0.0701. The predicted octanol–water partition coefficient (Wildman–Crippen LogP) is 4.14. The van der Waals surface area contributed by atoms with E-state index in [9.17, 15) is 9.90 Å². The summed E-state index contributed by atoms with van der Waals surface area (Å²) in [6, 6.07) is 0. The summed E-state index contributed by atoms with van der Waals surface area (Å²) in [6.45, 7) is 3.80. The molecule has 0 amide bonds. The van der Waals surface area contributed by atoms with Gasteiger partial charge >= 0.3 is 5.97 Å².